The Morgan fingerprint density at radius 1 is 1.35 bits per heavy atom. The van der Waals surface area contributed by atoms with Gasteiger partial charge in [-0.1, -0.05) is 39.0 Å². The molecule has 0 aromatic heterocycles. The molecule has 0 saturated carbocycles. The van der Waals surface area contributed by atoms with Gasteiger partial charge in [0.05, 0.1) is 12.5 Å². The van der Waals surface area contributed by atoms with Gasteiger partial charge in [-0.05, 0) is 36.1 Å². The van der Waals surface area contributed by atoms with Gasteiger partial charge in [0.25, 0.3) is 0 Å². The van der Waals surface area contributed by atoms with Crippen LogP contribution in [0, 0.1) is 18.3 Å². The van der Waals surface area contributed by atoms with E-state index >= 15 is 0 Å². The molecule has 0 aliphatic carbocycles. The van der Waals surface area contributed by atoms with Crippen LogP contribution in [0.1, 0.15) is 49.9 Å². The first-order valence-corrected chi connectivity index (χ1v) is 6.05. The number of nitriles is 1. The van der Waals surface area contributed by atoms with Crippen LogP contribution in [0.25, 0.3) is 0 Å². The standard InChI is InChI=1S/C15H22N2/c1-11-10-12(15(2,3)4)6-7-13(11)14(17-5)8-9-16/h6-7,10,14,17H,8H2,1-5H3. The Morgan fingerprint density at radius 3 is 2.41 bits per heavy atom. The molecule has 0 spiro atoms. The largest absolute Gasteiger partial charge is 0.312 e. The SMILES string of the molecule is CNC(CC#N)c1ccc(C(C)(C)C)cc1C. The van der Waals surface area contributed by atoms with Crippen molar-refractivity contribution < 1.29 is 0 Å². The highest BCUT2D eigenvalue weighted by Crippen LogP contribution is 2.27. The molecule has 0 aliphatic rings. The van der Waals surface area contributed by atoms with E-state index in [4.69, 9.17) is 5.26 Å². The predicted molar refractivity (Wildman–Crippen MR) is 71.9 cm³/mol. The Hall–Kier alpha value is -1.33. The molecule has 0 heterocycles. The zero-order chi connectivity index (χ0) is 13.1. The first kappa shape index (κ1) is 13.7. The second kappa shape index (κ2) is 5.33. The second-order valence-electron chi connectivity index (χ2n) is 5.52. The number of rotatable bonds is 3. The summed E-state index contributed by atoms with van der Waals surface area (Å²) in [6.45, 7) is 8.76. The molecular formula is C15H22N2. The summed E-state index contributed by atoms with van der Waals surface area (Å²) in [4.78, 5) is 0. The van der Waals surface area contributed by atoms with Crippen LogP contribution in [0.3, 0.4) is 0 Å². The van der Waals surface area contributed by atoms with E-state index in [0.29, 0.717) is 6.42 Å². The van der Waals surface area contributed by atoms with Crippen LogP contribution < -0.4 is 5.32 Å². The molecule has 1 unspecified atom stereocenters. The van der Waals surface area contributed by atoms with Crippen molar-refractivity contribution in [2.24, 2.45) is 0 Å². The van der Waals surface area contributed by atoms with E-state index in [1.165, 1.54) is 16.7 Å². The number of nitrogens with one attached hydrogen (secondary N) is 1. The van der Waals surface area contributed by atoms with Gasteiger partial charge in [0, 0.05) is 6.04 Å². The van der Waals surface area contributed by atoms with E-state index in [0.717, 1.165) is 0 Å². The van der Waals surface area contributed by atoms with Crippen molar-refractivity contribution in [2.45, 2.75) is 45.6 Å². The number of aryl methyl sites for hydroxylation is 1. The molecular weight excluding hydrogens is 208 g/mol. The van der Waals surface area contributed by atoms with Crippen molar-refractivity contribution in [1.29, 1.82) is 5.26 Å². The molecule has 0 fully saturated rings. The smallest absolute Gasteiger partial charge is 0.0641 e. The van der Waals surface area contributed by atoms with Gasteiger partial charge in [-0.3, -0.25) is 0 Å². The van der Waals surface area contributed by atoms with Gasteiger partial charge in [-0.2, -0.15) is 5.26 Å². The molecule has 0 saturated heterocycles. The van der Waals surface area contributed by atoms with Gasteiger partial charge in [-0.25, -0.2) is 0 Å². The number of benzene rings is 1. The van der Waals surface area contributed by atoms with Crippen LogP contribution in [-0.4, -0.2) is 7.05 Å². The lowest BCUT2D eigenvalue weighted by atomic mass is 9.84. The summed E-state index contributed by atoms with van der Waals surface area (Å²) in [5.74, 6) is 0. The summed E-state index contributed by atoms with van der Waals surface area (Å²) in [6.07, 6.45) is 0.506. The van der Waals surface area contributed by atoms with Gasteiger partial charge in [-0.15, -0.1) is 0 Å². The summed E-state index contributed by atoms with van der Waals surface area (Å²) >= 11 is 0. The third kappa shape index (κ3) is 3.31. The van der Waals surface area contributed by atoms with Crippen molar-refractivity contribution >= 4 is 0 Å². The van der Waals surface area contributed by atoms with Gasteiger partial charge < -0.3 is 5.32 Å². The third-order valence-electron chi connectivity index (χ3n) is 3.16. The normalized spacial score (nSPS) is 13.2. The van der Waals surface area contributed by atoms with Crippen LogP contribution in [0.4, 0.5) is 0 Å². The van der Waals surface area contributed by atoms with Crippen molar-refractivity contribution in [3.05, 3.63) is 34.9 Å². The van der Waals surface area contributed by atoms with Gasteiger partial charge in [0.15, 0.2) is 0 Å². The fourth-order valence-electron chi connectivity index (χ4n) is 1.99. The predicted octanol–water partition coefficient (Wildman–Crippen LogP) is 3.47. The van der Waals surface area contributed by atoms with Crippen molar-refractivity contribution in [3.63, 3.8) is 0 Å². The van der Waals surface area contributed by atoms with Gasteiger partial charge in [0.2, 0.25) is 0 Å². The molecule has 2 heteroatoms. The number of nitrogens with zero attached hydrogens (tertiary/aromatic N) is 1. The number of hydrogen-bond acceptors (Lipinski definition) is 2. The minimum Gasteiger partial charge on any atom is -0.312 e. The highest BCUT2D eigenvalue weighted by Gasteiger charge is 2.17. The molecule has 0 amide bonds. The topological polar surface area (TPSA) is 35.8 Å². The highest BCUT2D eigenvalue weighted by molar-refractivity contribution is 5.36. The fourth-order valence-corrected chi connectivity index (χ4v) is 1.99. The summed E-state index contributed by atoms with van der Waals surface area (Å²) in [6, 6.07) is 8.91. The van der Waals surface area contributed by atoms with Crippen LogP contribution in [0.5, 0.6) is 0 Å². The molecule has 92 valence electrons. The van der Waals surface area contributed by atoms with E-state index in [1.807, 2.05) is 7.05 Å². The lowest BCUT2D eigenvalue weighted by Crippen LogP contribution is -2.18. The molecule has 1 atom stereocenters. The molecule has 17 heavy (non-hydrogen) atoms. The molecule has 1 aromatic carbocycles. The second-order valence-corrected chi connectivity index (χ2v) is 5.52. The Balaban J connectivity index is 3.09. The molecule has 1 rings (SSSR count). The quantitative estimate of drug-likeness (QED) is 0.863. The Bertz CT molecular complexity index is 422. The van der Waals surface area contributed by atoms with Crippen LogP contribution in [-0.2, 0) is 5.41 Å². The summed E-state index contributed by atoms with van der Waals surface area (Å²) < 4.78 is 0. The Morgan fingerprint density at radius 2 is 2.00 bits per heavy atom. The van der Waals surface area contributed by atoms with Crippen molar-refractivity contribution in [3.8, 4) is 6.07 Å². The molecule has 2 nitrogen and oxygen atoms in total. The van der Waals surface area contributed by atoms with E-state index < -0.39 is 0 Å². The van der Waals surface area contributed by atoms with Crippen LogP contribution >= 0.6 is 0 Å². The molecule has 1 aromatic rings. The van der Waals surface area contributed by atoms with E-state index in [1.54, 1.807) is 0 Å². The zero-order valence-corrected chi connectivity index (χ0v) is 11.5. The fraction of sp³-hybridized carbons (Fsp3) is 0.533. The minimum atomic E-state index is 0.133. The summed E-state index contributed by atoms with van der Waals surface area (Å²) in [5, 5.41) is 12.0. The van der Waals surface area contributed by atoms with E-state index in [2.05, 4.69) is 57.3 Å². The third-order valence-corrected chi connectivity index (χ3v) is 3.16. The maximum absolute atomic E-state index is 8.81. The highest BCUT2D eigenvalue weighted by atomic mass is 14.9. The molecule has 1 N–H and O–H groups in total. The van der Waals surface area contributed by atoms with E-state index in [-0.39, 0.29) is 11.5 Å². The van der Waals surface area contributed by atoms with Gasteiger partial charge >= 0.3 is 0 Å². The average Bonchev–Trinajstić information content (AvgIpc) is 2.25. The minimum absolute atomic E-state index is 0.133. The molecule has 0 bridgehead atoms. The molecule has 0 radical (unpaired) electrons. The Kier molecular flexibility index (Phi) is 4.31. The maximum atomic E-state index is 8.81. The monoisotopic (exact) mass is 230 g/mol. The molecule has 0 aliphatic heterocycles. The van der Waals surface area contributed by atoms with Crippen LogP contribution in [0.15, 0.2) is 18.2 Å². The Labute approximate surface area is 105 Å². The lowest BCUT2D eigenvalue weighted by molar-refractivity contribution is 0.582. The number of hydrogen-bond donors (Lipinski definition) is 1. The zero-order valence-electron chi connectivity index (χ0n) is 11.5. The first-order chi connectivity index (χ1) is 7.90. The summed E-state index contributed by atoms with van der Waals surface area (Å²) in [5.41, 5.74) is 3.99. The summed E-state index contributed by atoms with van der Waals surface area (Å²) in [7, 11) is 1.90. The van der Waals surface area contributed by atoms with Gasteiger partial charge in [0.1, 0.15) is 0 Å². The first-order valence-electron chi connectivity index (χ1n) is 6.05. The average molecular weight is 230 g/mol. The lowest BCUT2D eigenvalue weighted by Gasteiger charge is -2.22. The van der Waals surface area contributed by atoms with Crippen molar-refractivity contribution in [1.82, 2.24) is 5.32 Å². The van der Waals surface area contributed by atoms with Crippen LogP contribution in [0.2, 0.25) is 0 Å². The van der Waals surface area contributed by atoms with E-state index in [9.17, 15) is 0 Å². The maximum Gasteiger partial charge on any atom is 0.0641 e. The van der Waals surface area contributed by atoms with Crippen molar-refractivity contribution in [2.75, 3.05) is 7.05 Å².